The van der Waals surface area contributed by atoms with Crippen molar-refractivity contribution in [3.63, 3.8) is 0 Å². The van der Waals surface area contributed by atoms with Crippen LogP contribution < -0.4 is 0 Å². The Bertz CT molecular complexity index is 2340. The smallest absolute Gasteiger partial charge is 0.306 e. The Balaban J connectivity index is 1.27. The van der Waals surface area contributed by atoms with E-state index >= 15 is 0 Å². The molecule has 0 amide bonds. The summed E-state index contributed by atoms with van der Waals surface area (Å²) < 4.78 is 11.2. The molecule has 6 aromatic rings. The van der Waals surface area contributed by atoms with Crippen molar-refractivity contribution >= 4 is 34.6 Å². The molecule has 0 radical (unpaired) electrons. The first kappa shape index (κ1) is 43.3. The quantitative estimate of drug-likeness (QED) is 0.0436. The van der Waals surface area contributed by atoms with Gasteiger partial charge in [0.15, 0.2) is 0 Å². The Morgan fingerprint density at radius 2 is 0.852 bits per heavy atom. The number of thiophene rings is 2. The van der Waals surface area contributed by atoms with Gasteiger partial charge in [-0.1, -0.05) is 123 Å². The van der Waals surface area contributed by atoms with E-state index in [2.05, 4.69) is 149 Å². The Morgan fingerprint density at radius 1 is 0.508 bits per heavy atom. The summed E-state index contributed by atoms with van der Waals surface area (Å²) in [7, 11) is 0. The maximum atomic E-state index is 12.9. The molecular weight excluding hydrogens is 789 g/mol. The lowest BCUT2D eigenvalue weighted by Crippen LogP contribution is -2.26. The SMILES string of the molecule is C=CC(C=C)OC(=O)CCCCC1(CCCCC(=O)OC(C=C)C=C)c2cc(-c3ccc(-c4ccc(C)cc4)s3)ccc2-c2ccc(-c3ccc(-c4ccc(C)cc4)s3)cc21. The fourth-order valence-corrected chi connectivity index (χ4v) is 10.4. The number of benzene rings is 4. The minimum atomic E-state index is -0.503. The lowest BCUT2D eigenvalue weighted by molar-refractivity contribution is -0.146. The minimum absolute atomic E-state index is 0.254. The highest BCUT2D eigenvalue weighted by Crippen LogP contribution is 2.56. The van der Waals surface area contributed by atoms with Gasteiger partial charge in [0, 0.05) is 37.8 Å². The maximum absolute atomic E-state index is 12.9. The summed E-state index contributed by atoms with van der Waals surface area (Å²) in [6.45, 7) is 19.3. The molecule has 0 aliphatic heterocycles. The van der Waals surface area contributed by atoms with E-state index in [0.717, 1.165) is 25.7 Å². The minimum Gasteiger partial charge on any atom is -0.454 e. The van der Waals surface area contributed by atoms with Gasteiger partial charge in [-0.2, -0.15) is 0 Å². The molecule has 0 fully saturated rings. The number of hydrogen-bond donors (Lipinski definition) is 0. The van der Waals surface area contributed by atoms with Gasteiger partial charge in [0.1, 0.15) is 12.2 Å². The number of fused-ring (bicyclic) bond motifs is 3. The zero-order valence-electron chi connectivity index (χ0n) is 35.3. The second-order valence-electron chi connectivity index (χ2n) is 15.9. The molecule has 4 nitrogen and oxygen atoms in total. The molecule has 1 aliphatic carbocycles. The van der Waals surface area contributed by atoms with Crippen LogP contribution in [0.15, 0.2) is 160 Å². The number of unbranched alkanes of at least 4 members (excludes halogenated alkanes) is 2. The number of ether oxygens (including phenoxy) is 2. The molecule has 0 bridgehead atoms. The summed E-state index contributed by atoms with van der Waals surface area (Å²) in [6, 6.07) is 40.3. The number of carbonyl (C=O) groups excluding carboxylic acids is 2. The molecule has 0 saturated carbocycles. The van der Waals surface area contributed by atoms with E-state index < -0.39 is 12.2 Å². The third-order valence-electron chi connectivity index (χ3n) is 11.7. The van der Waals surface area contributed by atoms with E-state index in [9.17, 15) is 9.59 Å². The third kappa shape index (κ3) is 9.88. The molecule has 0 N–H and O–H groups in total. The molecule has 4 aromatic carbocycles. The van der Waals surface area contributed by atoms with Crippen molar-refractivity contribution in [1.82, 2.24) is 0 Å². The van der Waals surface area contributed by atoms with Crippen molar-refractivity contribution in [2.45, 2.75) is 82.8 Å². The Kier molecular flexibility index (Phi) is 14.0. The summed E-state index contributed by atoms with van der Waals surface area (Å²) in [5.74, 6) is -0.508. The predicted octanol–water partition coefficient (Wildman–Crippen LogP) is 15.0. The Morgan fingerprint density at radius 3 is 1.21 bits per heavy atom. The molecule has 0 saturated heterocycles. The zero-order valence-corrected chi connectivity index (χ0v) is 36.9. The fourth-order valence-electron chi connectivity index (χ4n) is 8.40. The first-order chi connectivity index (χ1) is 29.6. The molecule has 0 spiro atoms. The molecule has 0 atom stereocenters. The standard InChI is InChI=1S/C55H54O4S2/c1-7-43(8-2)58-53(56)15-11-13-33-55(34-14-12-16-54(57)59-44(9-3)10-4)47-35-41(51-31-29-49(60-51)39-21-17-37(5)18-22-39)25-27-45(47)46-28-26-42(36-48(46)55)52-32-30-50(61-52)40-23-19-38(6)20-24-40/h7-10,17-32,35-36,43-44H,1-4,11-16,33-34H2,5-6H3. The summed E-state index contributed by atoms with van der Waals surface area (Å²) in [5.41, 5.74) is 12.0. The van der Waals surface area contributed by atoms with Crippen LogP contribution in [0.25, 0.3) is 52.9 Å². The molecular formula is C55H54O4S2. The lowest BCUT2D eigenvalue weighted by Gasteiger charge is -2.33. The van der Waals surface area contributed by atoms with Crippen LogP contribution in [0.1, 0.15) is 73.6 Å². The molecule has 6 heteroatoms. The van der Waals surface area contributed by atoms with E-state index in [1.165, 1.54) is 75.1 Å². The van der Waals surface area contributed by atoms with Gasteiger partial charge in [-0.05, 0) is 145 Å². The van der Waals surface area contributed by atoms with Gasteiger partial charge in [0.05, 0.1) is 0 Å². The van der Waals surface area contributed by atoms with Gasteiger partial charge in [-0.25, -0.2) is 0 Å². The summed E-state index contributed by atoms with van der Waals surface area (Å²) in [4.78, 5) is 30.7. The van der Waals surface area contributed by atoms with Gasteiger partial charge in [-0.3, -0.25) is 9.59 Å². The molecule has 0 unspecified atom stereocenters. The van der Waals surface area contributed by atoms with Crippen LogP contribution in [0.2, 0.25) is 0 Å². The number of esters is 2. The molecule has 2 heterocycles. The molecule has 61 heavy (non-hydrogen) atoms. The van der Waals surface area contributed by atoms with E-state index in [1.54, 1.807) is 24.3 Å². The van der Waals surface area contributed by atoms with Crippen molar-refractivity contribution in [3.8, 4) is 52.9 Å². The van der Waals surface area contributed by atoms with Gasteiger partial charge >= 0.3 is 11.9 Å². The normalized spacial score (nSPS) is 12.5. The largest absolute Gasteiger partial charge is 0.454 e. The van der Waals surface area contributed by atoms with Crippen LogP contribution in [-0.4, -0.2) is 24.1 Å². The van der Waals surface area contributed by atoms with E-state index in [0.29, 0.717) is 25.7 Å². The second-order valence-corrected chi connectivity index (χ2v) is 18.1. The highest BCUT2D eigenvalue weighted by atomic mass is 32.1. The highest BCUT2D eigenvalue weighted by molar-refractivity contribution is 7.19. The van der Waals surface area contributed by atoms with Gasteiger partial charge < -0.3 is 9.47 Å². The Labute approximate surface area is 369 Å². The lowest BCUT2D eigenvalue weighted by atomic mass is 9.70. The van der Waals surface area contributed by atoms with Crippen molar-refractivity contribution in [2.24, 2.45) is 0 Å². The fraction of sp³-hybridized carbons (Fsp3) is 0.236. The molecule has 310 valence electrons. The van der Waals surface area contributed by atoms with E-state index in [4.69, 9.17) is 9.47 Å². The average molecular weight is 843 g/mol. The third-order valence-corrected chi connectivity index (χ3v) is 14.1. The average Bonchev–Trinajstić information content (AvgIpc) is 4.04. The molecule has 1 aliphatic rings. The number of aryl methyl sites for hydroxylation is 2. The van der Waals surface area contributed by atoms with Crippen LogP contribution in [0.5, 0.6) is 0 Å². The first-order valence-electron chi connectivity index (χ1n) is 21.2. The summed E-state index contributed by atoms with van der Waals surface area (Å²) in [6.07, 6.45) is 10.6. The number of rotatable bonds is 20. The molecule has 2 aromatic heterocycles. The van der Waals surface area contributed by atoms with E-state index in [-0.39, 0.29) is 17.4 Å². The highest BCUT2D eigenvalue weighted by Gasteiger charge is 2.43. The van der Waals surface area contributed by atoms with Gasteiger partial charge in [-0.15, -0.1) is 22.7 Å². The van der Waals surface area contributed by atoms with Crippen LogP contribution in [-0.2, 0) is 24.5 Å². The monoisotopic (exact) mass is 842 g/mol. The van der Waals surface area contributed by atoms with Gasteiger partial charge in [0.2, 0.25) is 0 Å². The van der Waals surface area contributed by atoms with Crippen LogP contribution in [0, 0.1) is 13.8 Å². The van der Waals surface area contributed by atoms with Crippen molar-refractivity contribution in [2.75, 3.05) is 0 Å². The topological polar surface area (TPSA) is 52.6 Å². The Hall–Kier alpha value is -5.82. The summed E-state index contributed by atoms with van der Waals surface area (Å²) >= 11 is 3.62. The second kappa shape index (κ2) is 19.7. The van der Waals surface area contributed by atoms with Crippen molar-refractivity contribution < 1.29 is 19.1 Å². The van der Waals surface area contributed by atoms with E-state index in [1.807, 2.05) is 22.7 Å². The molecule has 7 rings (SSSR count). The van der Waals surface area contributed by atoms with Crippen LogP contribution >= 0.6 is 22.7 Å². The summed E-state index contributed by atoms with van der Waals surface area (Å²) in [5, 5.41) is 0. The zero-order chi connectivity index (χ0) is 42.9. The van der Waals surface area contributed by atoms with Crippen LogP contribution in [0.3, 0.4) is 0 Å². The predicted molar refractivity (Wildman–Crippen MR) is 257 cm³/mol. The van der Waals surface area contributed by atoms with Crippen molar-refractivity contribution in [3.05, 3.63) is 182 Å². The van der Waals surface area contributed by atoms with Gasteiger partial charge in [0.25, 0.3) is 0 Å². The first-order valence-corrected chi connectivity index (χ1v) is 22.8. The number of hydrogen-bond acceptors (Lipinski definition) is 6. The maximum Gasteiger partial charge on any atom is 0.306 e. The number of carbonyl (C=O) groups is 2. The van der Waals surface area contributed by atoms with Crippen molar-refractivity contribution in [1.29, 1.82) is 0 Å². The van der Waals surface area contributed by atoms with Crippen LogP contribution in [0.4, 0.5) is 0 Å².